The first-order valence-electron chi connectivity index (χ1n) is 6.02. The Hall–Kier alpha value is -0.380. The number of ether oxygens (including phenoxy) is 1. The predicted octanol–water partition coefficient (Wildman–Crippen LogP) is 3.12. The molecule has 1 fully saturated rings. The number of nitrogens with two attached hydrogens (primary N) is 1. The Morgan fingerprint density at radius 1 is 1.47 bits per heavy atom. The summed E-state index contributed by atoms with van der Waals surface area (Å²) in [5.74, 6) is 3.08. The molecule has 0 aromatic heterocycles. The van der Waals surface area contributed by atoms with E-state index < -0.39 is 0 Å². The zero-order valence-electron chi connectivity index (χ0n) is 9.82. The smallest absolute Gasteiger partial charge is 0.138 e. The van der Waals surface area contributed by atoms with Crippen molar-refractivity contribution in [1.29, 1.82) is 0 Å². The Morgan fingerprint density at radius 2 is 2.35 bits per heavy atom. The number of aryl methyl sites for hydroxylation is 1. The molecule has 0 amide bonds. The fourth-order valence-corrected chi connectivity index (χ4v) is 3.23. The number of thioether (sulfide) groups is 1. The largest absolute Gasteiger partial charge is 0.488 e. The maximum absolute atomic E-state index is 6.22. The van der Waals surface area contributed by atoms with Crippen LogP contribution in [0.25, 0.3) is 0 Å². The van der Waals surface area contributed by atoms with Gasteiger partial charge in [0, 0.05) is 5.75 Å². The van der Waals surface area contributed by atoms with Gasteiger partial charge in [0.15, 0.2) is 0 Å². The van der Waals surface area contributed by atoms with Gasteiger partial charge < -0.3 is 10.5 Å². The zero-order chi connectivity index (χ0) is 12.1. The van der Waals surface area contributed by atoms with Crippen molar-refractivity contribution in [2.24, 2.45) is 5.73 Å². The molecule has 1 aromatic carbocycles. The van der Waals surface area contributed by atoms with Gasteiger partial charge in [0.25, 0.3) is 0 Å². The first kappa shape index (κ1) is 13.1. The van der Waals surface area contributed by atoms with Gasteiger partial charge in [-0.05, 0) is 49.3 Å². The highest BCUT2D eigenvalue weighted by molar-refractivity contribution is 7.99. The summed E-state index contributed by atoms with van der Waals surface area (Å²) in [6.45, 7) is 0.717. The summed E-state index contributed by atoms with van der Waals surface area (Å²) in [5.41, 5.74) is 6.72. The Bertz CT molecular complexity index is 366. The molecule has 0 radical (unpaired) electrons. The highest BCUT2D eigenvalue weighted by Crippen LogP contribution is 2.30. The molecular weight excluding hydrogens is 254 g/mol. The van der Waals surface area contributed by atoms with Gasteiger partial charge in [0.05, 0.1) is 5.02 Å². The van der Waals surface area contributed by atoms with E-state index in [0.29, 0.717) is 6.10 Å². The molecule has 1 atom stereocenters. The lowest BCUT2D eigenvalue weighted by Crippen LogP contribution is -2.15. The van der Waals surface area contributed by atoms with E-state index in [0.717, 1.165) is 42.3 Å². The van der Waals surface area contributed by atoms with E-state index in [2.05, 4.69) is 6.07 Å². The molecule has 4 heteroatoms. The third-order valence-electron chi connectivity index (χ3n) is 2.85. The van der Waals surface area contributed by atoms with Crippen molar-refractivity contribution in [2.45, 2.75) is 25.4 Å². The van der Waals surface area contributed by atoms with Crippen molar-refractivity contribution >= 4 is 23.4 Å². The molecule has 2 N–H and O–H groups in total. The minimum atomic E-state index is 0.326. The minimum Gasteiger partial charge on any atom is -0.488 e. The molecule has 2 nitrogen and oxygen atoms in total. The van der Waals surface area contributed by atoms with Gasteiger partial charge in [-0.3, -0.25) is 0 Å². The summed E-state index contributed by atoms with van der Waals surface area (Å²) in [4.78, 5) is 0. The lowest BCUT2D eigenvalue weighted by Gasteiger charge is -2.14. The minimum absolute atomic E-state index is 0.326. The third kappa shape index (κ3) is 3.80. The van der Waals surface area contributed by atoms with Crippen molar-refractivity contribution in [2.75, 3.05) is 18.1 Å². The van der Waals surface area contributed by atoms with Crippen LogP contribution < -0.4 is 10.5 Å². The first-order chi connectivity index (χ1) is 8.29. The van der Waals surface area contributed by atoms with E-state index in [4.69, 9.17) is 22.1 Å². The van der Waals surface area contributed by atoms with Crippen LogP contribution in [0.5, 0.6) is 5.75 Å². The first-order valence-corrected chi connectivity index (χ1v) is 7.56. The van der Waals surface area contributed by atoms with Gasteiger partial charge in [-0.25, -0.2) is 0 Å². The highest BCUT2D eigenvalue weighted by Gasteiger charge is 2.18. The van der Waals surface area contributed by atoms with Crippen LogP contribution in [0.1, 0.15) is 18.4 Å². The molecule has 2 rings (SSSR count). The van der Waals surface area contributed by atoms with Crippen LogP contribution in [0, 0.1) is 0 Å². The van der Waals surface area contributed by atoms with Gasteiger partial charge in [-0.2, -0.15) is 11.8 Å². The fraction of sp³-hybridized carbons (Fsp3) is 0.538. The Balaban J connectivity index is 1.98. The van der Waals surface area contributed by atoms with E-state index in [9.17, 15) is 0 Å². The van der Waals surface area contributed by atoms with E-state index in [1.807, 2.05) is 23.9 Å². The SMILES string of the molecule is NCCCc1ccc(OC2CCSC2)c(Cl)c1. The topological polar surface area (TPSA) is 35.2 Å². The lowest BCUT2D eigenvalue weighted by atomic mass is 10.1. The molecule has 0 aliphatic carbocycles. The maximum Gasteiger partial charge on any atom is 0.138 e. The average Bonchev–Trinajstić information content (AvgIpc) is 2.82. The molecule has 0 bridgehead atoms. The highest BCUT2D eigenvalue weighted by atomic mass is 35.5. The van der Waals surface area contributed by atoms with Gasteiger partial charge in [-0.1, -0.05) is 17.7 Å². The quantitative estimate of drug-likeness (QED) is 0.894. The van der Waals surface area contributed by atoms with Gasteiger partial charge in [-0.15, -0.1) is 0 Å². The molecular formula is C13H18ClNOS. The van der Waals surface area contributed by atoms with Crippen LogP contribution in [-0.4, -0.2) is 24.2 Å². The van der Waals surface area contributed by atoms with Gasteiger partial charge in [0.1, 0.15) is 11.9 Å². The molecule has 94 valence electrons. The Morgan fingerprint density at radius 3 is 3.00 bits per heavy atom. The predicted molar refractivity (Wildman–Crippen MR) is 75.2 cm³/mol. The number of benzene rings is 1. The van der Waals surface area contributed by atoms with Crippen LogP contribution in [-0.2, 0) is 6.42 Å². The van der Waals surface area contributed by atoms with E-state index >= 15 is 0 Å². The van der Waals surface area contributed by atoms with Crippen LogP contribution in [0.4, 0.5) is 0 Å². The van der Waals surface area contributed by atoms with Crippen molar-refractivity contribution in [3.63, 3.8) is 0 Å². The van der Waals surface area contributed by atoms with Crippen molar-refractivity contribution in [1.82, 2.24) is 0 Å². The monoisotopic (exact) mass is 271 g/mol. The van der Waals surface area contributed by atoms with Crippen LogP contribution in [0.2, 0.25) is 5.02 Å². The zero-order valence-corrected chi connectivity index (χ0v) is 11.4. The van der Waals surface area contributed by atoms with Crippen molar-refractivity contribution in [3.05, 3.63) is 28.8 Å². The Kier molecular flexibility index (Phi) is 5.01. The number of rotatable bonds is 5. The van der Waals surface area contributed by atoms with E-state index in [-0.39, 0.29) is 0 Å². The summed E-state index contributed by atoms with van der Waals surface area (Å²) in [7, 11) is 0. The van der Waals surface area contributed by atoms with Crippen molar-refractivity contribution < 1.29 is 4.74 Å². The summed E-state index contributed by atoms with van der Waals surface area (Å²) in [6, 6.07) is 6.06. The molecule has 1 aromatic rings. The van der Waals surface area contributed by atoms with Gasteiger partial charge >= 0.3 is 0 Å². The van der Waals surface area contributed by atoms with Gasteiger partial charge in [0.2, 0.25) is 0 Å². The van der Waals surface area contributed by atoms with E-state index in [1.165, 1.54) is 11.3 Å². The van der Waals surface area contributed by atoms with E-state index in [1.54, 1.807) is 0 Å². The molecule has 1 unspecified atom stereocenters. The maximum atomic E-state index is 6.22. The summed E-state index contributed by atoms with van der Waals surface area (Å²) < 4.78 is 5.89. The molecule has 1 aliphatic rings. The van der Waals surface area contributed by atoms with Crippen LogP contribution in [0.3, 0.4) is 0 Å². The number of halogens is 1. The average molecular weight is 272 g/mol. The molecule has 0 saturated carbocycles. The van der Waals surface area contributed by atoms with Crippen molar-refractivity contribution in [3.8, 4) is 5.75 Å². The molecule has 1 heterocycles. The lowest BCUT2D eigenvalue weighted by molar-refractivity contribution is 0.229. The normalized spacial score (nSPS) is 19.5. The second-order valence-electron chi connectivity index (χ2n) is 4.26. The summed E-state index contributed by atoms with van der Waals surface area (Å²) >= 11 is 8.16. The molecule has 0 spiro atoms. The number of hydrogen-bond donors (Lipinski definition) is 1. The number of hydrogen-bond acceptors (Lipinski definition) is 3. The standard InChI is InChI=1S/C13H18ClNOS/c14-12-8-10(2-1-6-15)3-4-13(12)16-11-5-7-17-9-11/h3-4,8,11H,1-2,5-7,9,15H2. The molecule has 1 aliphatic heterocycles. The Labute approximate surface area is 112 Å². The second kappa shape index (κ2) is 6.53. The molecule has 17 heavy (non-hydrogen) atoms. The van der Waals surface area contributed by atoms with Crippen LogP contribution in [0.15, 0.2) is 18.2 Å². The van der Waals surface area contributed by atoms with Crippen LogP contribution >= 0.6 is 23.4 Å². The summed E-state index contributed by atoms with van der Waals surface area (Å²) in [6.07, 6.45) is 3.42. The second-order valence-corrected chi connectivity index (χ2v) is 5.82. The third-order valence-corrected chi connectivity index (χ3v) is 4.27. The summed E-state index contributed by atoms with van der Waals surface area (Å²) in [5, 5.41) is 0.719. The fourth-order valence-electron chi connectivity index (χ4n) is 1.89. The molecule has 1 saturated heterocycles.